The van der Waals surface area contributed by atoms with Crippen LogP contribution in [0.3, 0.4) is 0 Å². The van der Waals surface area contributed by atoms with E-state index in [0.717, 1.165) is 13.0 Å². The Morgan fingerprint density at radius 3 is 2.90 bits per heavy atom. The van der Waals surface area contributed by atoms with E-state index in [1.165, 1.54) is 11.1 Å². The van der Waals surface area contributed by atoms with Crippen LogP contribution < -0.4 is 5.32 Å². The van der Waals surface area contributed by atoms with Crippen LogP contribution in [0.4, 0.5) is 0 Å². The van der Waals surface area contributed by atoms with Gasteiger partial charge in [-0.25, -0.2) is 0 Å². The largest absolute Gasteiger partial charge is 0.383 e. The van der Waals surface area contributed by atoms with Crippen molar-refractivity contribution in [3.63, 3.8) is 0 Å². The van der Waals surface area contributed by atoms with Gasteiger partial charge >= 0.3 is 0 Å². The first-order valence-corrected chi connectivity index (χ1v) is 7.68. The van der Waals surface area contributed by atoms with Crippen molar-refractivity contribution in [2.45, 2.75) is 32.2 Å². The quantitative estimate of drug-likeness (QED) is 0.814. The number of benzene rings is 1. The summed E-state index contributed by atoms with van der Waals surface area (Å²) in [5.41, 5.74) is 2.70. The lowest BCUT2D eigenvalue weighted by Gasteiger charge is -2.22. The van der Waals surface area contributed by atoms with E-state index in [-0.39, 0.29) is 5.91 Å². The maximum absolute atomic E-state index is 12.3. The number of amides is 1. The van der Waals surface area contributed by atoms with Crippen molar-refractivity contribution >= 4 is 5.91 Å². The fourth-order valence-electron chi connectivity index (χ4n) is 3.12. The molecule has 1 amide bonds. The number of hydrogen-bond acceptors (Lipinski definition) is 3. The summed E-state index contributed by atoms with van der Waals surface area (Å²) in [6.45, 7) is 6.87. The molecule has 1 aromatic carbocycles. The van der Waals surface area contributed by atoms with Crippen LogP contribution in [-0.2, 0) is 9.53 Å². The Morgan fingerprint density at radius 2 is 2.19 bits per heavy atom. The highest BCUT2D eigenvalue weighted by atomic mass is 16.5. The molecule has 0 bridgehead atoms. The van der Waals surface area contributed by atoms with E-state index in [1.807, 2.05) is 4.90 Å². The Morgan fingerprint density at radius 1 is 1.43 bits per heavy atom. The minimum Gasteiger partial charge on any atom is -0.383 e. The lowest BCUT2D eigenvalue weighted by molar-refractivity contribution is -0.130. The zero-order chi connectivity index (χ0) is 15.2. The molecule has 0 spiro atoms. The monoisotopic (exact) mass is 290 g/mol. The van der Waals surface area contributed by atoms with Crippen molar-refractivity contribution in [1.82, 2.24) is 10.2 Å². The van der Waals surface area contributed by atoms with Crippen LogP contribution in [0, 0.1) is 6.92 Å². The summed E-state index contributed by atoms with van der Waals surface area (Å²) < 4.78 is 4.97. The van der Waals surface area contributed by atoms with Crippen LogP contribution in [-0.4, -0.2) is 50.2 Å². The molecule has 1 N–H and O–H groups in total. The Bertz CT molecular complexity index is 476. The van der Waals surface area contributed by atoms with E-state index >= 15 is 0 Å². The van der Waals surface area contributed by atoms with E-state index in [2.05, 4.69) is 43.4 Å². The Hall–Kier alpha value is -1.39. The van der Waals surface area contributed by atoms with Crippen molar-refractivity contribution in [3.8, 4) is 0 Å². The number of carbonyl (C=O) groups is 1. The number of methoxy groups -OCH3 is 1. The van der Waals surface area contributed by atoms with Crippen LogP contribution in [0.15, 0.2) is 24.3 Å². The van der Waals surface area contributed by atoms with Gasteiger partial charge in [-0.3, -0.25) is 4.79 Å². The Balaban J connectivity index is 1.92. The van der Waals surface area contributed by atoms with E-state index in [4.69, 9.17) is 4.74 Å². The van der Waals surface area contributed by atoms with Crippen molar-refractivity contribution in [1.29, 1.82) is 0 Å². The van der Waals surface area contributed by atoms with Gasteiger partial charge in [0.2, 0.25) is 5.91 Å². The van der Waals surface area contributed by atoms with Crippen LogP contribution >= 0.6 is 0 Å². The molecule has 4 nitrogen and oxygen atoms in total. The molecular weight excluding hydrogens is 264 g/mol. The number of hydrogen-bond donors (Lipinski definition) is 1. The van der Waals surface area contributed by atoms with Gasteiger partial charge in [-0.1, -0.05) is 24.3 Å². The van der Waals surface area contributed by atoms with E-state index in [1.54, 1.807) is 7.11 Å². The van der Waals surface area contributed by atoms with Gasteiger partial charge < -0.3 is 15.0 Å². The van der Waals surface area contributed by atoms with E-state index < -0.39 is 0 Å². The topological polar surface area (TPSA) is 41.6 Å². The zero-order valence-corrected chi connectivity index (χ0v) is 13.3. The van der Waals surface area contributed by atoms with Crippen LogP contribution in [0.25, 0.3) is 0 Å². The second-order valence-corrected chi connectivity index (χ2v) is 5.85. The highest BCUT2D eigenvalue weighted by Crippen LogP contribution is 2.33. The maximum atomic E-state index is 12.3. The van der Waals surface area contributed by atoms with Crippen molar-refractivity contribution < 1.29 is 9.53 Å². The molecule has 21 heavy (non-hydrogen) atoms. The van der Waals surface area contributed by atoms with Gasteiger partial charge in [0.1, 0.15) is 0 Å². The summed E-state index contributed by atoms with van der Waals surface area (Å²) >= 11 is 0. The lowest BCUT2D eigenvalue weighted by atomic mass is 9.93. The van der Waals surface area contributed by atoms with Gasteiger partial charge in [-0.05, 0) is 31.4 Å². The fraction of sp³-hybridized carbons (Fsp3) is 0.588. The third-order valence-electron chi connectivity index (χ3n) is 4.28. The molecule has 1 aliphatic heterocycles. The number of carbonyl (C=O) groups excluding carboxylic acids is 1. The second kappa shape index (κ2) is 7.57. The summed E-state index contributed by atoms with van der Waals surface area (Å²) in [6.07, 6.45) is 1.05. The number of rotatable bonds is 6. The molecule has 2 atom stereocenters. The minimum absolute atomic E-state index is 0.190. The summed E-state index contributed by atoms with van der Waals surface area (Å²) in [6, 6.07) is 8.81. The molecule has 1 heterocycles. The second-order valence-electron chi connectivity index (χ2n) is 5.85. The lowest BCUT2D eigenvalue weighted by Crippen LogP contribution is -2.40. The summed E-state index contributed by atoms with van der Waals surface area (Å²) in [7, 11) is 1.67. The van der Waals surface area contributed by atoms with E-state index in [9.17, 15) is 4.79 Å². The zero-order valence-electron chi connectivity index (χ0n) is 13.3. The predicted octanol–water partition coefficient (Wildman–Crippen LogP) is 1.94. The van der Waals surface area contributed by atoms with Crippen molar-refractivity contribution in [2.75, 3.05) is 33.4 Å². The molecular formula is C17H26N2O2. The van der Waals surface area contributed by atoms with Gasteiger partial charge in [0.25, 0.3) is 0 Å². The summed E-state index contributed by atoms with van der Waals surface area (Å²) in [5.74, 6) is 0.652. The van der Waals surface area contributed by atoms with Gasteiger partial charge in [0.05, 0.1) is 13.2 Å². The standard InChI is InChI=1S/C17H26N2O2/c1-13-6-4-5-7-16(13)15-10-14(2)19(12-15)17(20)11-18-8-9-21-3/h4-7,14-15,18H,8-12H2,1-3H3. The molecule has 4 heteroatoms. The Labute approximate surface area is 127 Å². The smallest absolute Gasteiger partial charge is 0.236 e. The predicted molar refractivity (Wildman–Crippen MR) is 84.5 cm³/mol. The van der Waals surface area contributed by atoms with Gasteiger partial charge in [-0.2, -0.15) is 0 Å². The molecule has 1 aromatic rings. The molecule has 0 aliphatic carbocycles. The third kappa shape index (κ3) is 4.05. The normalized spacial score (nSPS) is 21.8. The molecule has 1 fully saturated rings. The average Bonchev–Trinajstić information content (AvgIpc) is 2.86. The van der Waals surface area contributed by atoms with Crippen molar-refractivity contribution in [3.05, 3.63) is 35.4 Å². The molecule has 0 saturated carbocycles. The molecule has 116 valence electrons. The summed E-state index contributed by atoms with van der Waals surface area (Å²) in [4.78, 5) is 14.3. The fourth-order valence-corrected chi connectivity index (χ4v) is 3.12. The highest BCUT2D eigenvalue weighted by molar-refractivity contribution is 5.79. The molecule has 2 unspecified atom stereocenters. The highest BCUT2D eigenvalue weighted by Gasteiger charge is 2.33. The maximum Gasteiger partial charge on any atom is 0.236 e. The van der Waals surface area contributed by atoms with Gasteiger partial charge in [-0.15, -0.1) is 0 Å². The number of likely N-dealkylation sites (tertiary alicyclic amines) is 1. The van der Waals surface area contributed by atoms with Gasteiger partial charge in [0, 0.05) is 32.2 Å². The molecule has 0 radical (unpaired) electrons. The first-order chi connectivity index (χ1) is 10.1. The third-order valence-corrected chi connectivity index (χ3v) is 4.28. The summed E-state index contributed by atoms with van der Waals surface area (Å²) in [5, 5.41) is 3.13. The first-order valence-electron chi connectivity index (χ1n) is 7.68. The number of nitrogens with one attached hydrogen (secondary N) is 1. The minimum atomic E-state index is 0.190. The molecule has 1 saturated heterocycles. The number of ether oxygens (including phenoxy) is 1. The number of aryl methyl sites for hydroxylation is 1. The van der Waals surface area contributed by atoms with E-state index in [0.29, 0.717) is 31.7 Å². The van der Waals surface area contributed by atoms with Crippen LogP contribution in [0.5, 0.6) is 0 Å². The van der Waals surface area contributed by atoms with Gasteiger partial charge in [0.15, 0.2) is 0 Å². The molecule has 1 aliphatic rings. The number of nitrogens with zero attached hydrogens (tertiary/aromatic N) is 1. The Kier molecular flexibility index (Phi) is 5.76. The van der Waals surface area contributed by atoms with Crippen molar-refractivity contribution in [2.24, 2.45) is 0 Å². The SMILES string of the molecule is COCCNCC(=O)N1CC(c2ccccc2C)CC1C. The molecule has 2 rings (SSSR count). The first kappa shape index (κ1) is 16.0. The average molecular weight is 290 g/mol. The molecule has 0 aromatic heterocycles. The van der Waals surface area contributed by atoms with Crippen LogP contribution in [0.1, 0.15) is 30.4 Å². The van der Waals surface area contributed by atoms with Crippen LogP contribution in [0.2, 0.25) is 0 Å².